The lowest BCUT2D eigenvalue weighted by Crippen LogP contribution is -2.38. The normalized spacial score (nSPS) is 17.8. The molecule has 3 rings (SSSR count). The van der Waals surface area contributed by atoms with E-state index in [2.05, 4.69) is 33.0 Å². The summed E-state index contributed by atoms with van der Waals surface area (Å²) in [5.41, 5.74) is 8.94. The molecule has 20 heavy (non-hydrogen) atoms. The van der Waals surface area contributed by atoms with Gasteiger partial charge in [-0.2, -0.15) is 0 Å². The summed E-state index contributed by atoms with van der Waals surface area (Å²) in [7, 11) is 0. The number of pyridine rings is 1. The van der Waals surface area contributed by atoms with Gasteiger partial charge in [-0.3, -0.25) is 4.98 Å². The monoisotopic (exact) mass is 332 g/mol. The summed E-state index contributed by atoms with van der Waals surface area (Å²) < 4.78 is 0.907. The third-order valence-corrected chi connectivity index (χ3v) is 4.69. The van der Waals surface area contributed by atoms with E-state index in [4.69, 9.17) is 5.73 Å². The highest BCUT2D eigenvalue weighted by Crippen LogP contribution is 2.44. The van der Waals surface area contributed by atoms with E-state index in [1.165, 1.54) is 11.1 Å². The molecule has 0 saturated carbocycles. The molecule has 1 heterocycles. The van der Waals surface area contributed by atoms with Crippen molar-refractivity contribution in [3.63, 3.8) is 0 Å². The lowest BCUT2D eigenvalue weighted by atomic mass is 9.77. The Morgan fingerprint density at radius 3 is 2.35 bits per heavy atom. The van der Waals surface area contributed by atoms with Gasteiger partial charge >= 0.3 is 0 Å². The number of hydrogen-bond donors (Lipinski definition) is 2. The van der Waals surface area contributed by atoms with Gasteiger partial charge in [0.2, 0.25) is 0 Å². The Labute approximate surface area is 127 Å². The number of benzene rings is 1. The number of rotatable bonds is 3. The van der Waals surface area contributed by atoms with Crippen molar-refractivity contribution in [3.8, 4) is 0 Å². The second-order valence-corrected chi connectivity index (χ2v) is 6.41. The Bertz CT molecular complexity index is 587. The predicted molar refractivity (Wildman–Crippen MR) is 82.2 cm³/mol. The van der Waals surface area contributed by atoms with Gasteiger partial charge < -0.3 is 10.8 Å². The molecular weight excluding hydrogens is 316 g/mol. The molecule has 1 aromatic heterocycles. The van der Waals surface area contributed by atoms with Crippen LogP contribution in [0.15, 0.2) is 47.1 Å². The minimum absolute atomic E-state index is 0.343. The highest BCUT2D eigenvalue weighted by Gasteiger charge is 2.43. The van der Waals surface area contributed by atoms with Gasteiger partial charge in [-0.15, -0.1) is 0 Å². The van der Waals surface area contributed by atoms with Crippen molar-refractivity contribution >= 4 is 15.9 Å². The average molecular weight is 333 g/mol. The smallest absolute Gasteiger partial charge is 0.103 e. The molecule has 1 atom stereocenters. The molecule has 1 aromatic carbocycles. The van der Waals surface area contributed by atoms with Gasteiger partial charge in [-0.05, 0) is 52.0 Å². The maximum absolute atomic E-state index is 10.8. The zero-order valence-electron chi connectivity index (χ0n) is 11.1. The van der Waals surface area contributed by atoms with Crippen LogP contribution in [-0.2, 0) is 12.8 Å². The summed E-state index contributed by atoms with van der Waals surface area (Å²) in [6.07, 6.45) is 2.68. The minimum atomic E-state index is -0.645. The van der Waals surface area contributed by atoms with Gasteiger partial charge in [0.25, 0.3) is 0 Å². The quantitative estimate of drug-likeness (QED) is 0.908. The molecule has 0 amide bonds. The van der Waals surface area contributed by atoms with E-state index in [9.17, 15) is 5.11 Å². The lowest BCUT2D eigenvalue weighted by molar-refractivity contribution is 0.0324. The van der Waals surface area contributed by atoms with Crippen LogP contribution >= 0.6 is 15.9 Å². The molecule has 1 aliphatic carbocycles. The summed E-state index contributed by atoms with van der Waals surface area (Å²) in [6, 6.07) is 12.1. The van der Waals surface area contributed by atoms with Crippen molar-refractivity contribution in [3.05, 3.63) is 63.9 Å². The van der Waals surface area contributed by atoms with Crippen LogP contribution in [0.2, 0.25) is 0 Å². The van der Waals surface area contributed by atoms with Crippen LogP contribution in [0.4, 0.5) is 0 Å². The molecule has 1 aliphatic rings. The topological polar surface area (TPSA) is 59.1 Å². The summed E-state index contributed by atoms with van der Waals surface area (Å²) >= 11 is 3.36. The summed E-state index contributed by atoms with van der Waals surface area (Å²) in [5.74, 6) is 0. The lowest BCUT2D eigenvalue weighted by Gasteiger charge is -2.32. The van der Waals surface area contributed by atoms with E-state index in [0.29, 0.717) is 12.2 Å². The molecular formula is C16H17BrN2O. The van der Waals surface area contributed by atoms with Crippen molar-refractivity contribution < 1.29 is 5.11 Å². The minimum Gasteiger partial charge on any atom is -0.386 e. The maximum atomic E-state index is 10.8. The fourth-order valence-corrected chi connectivity index (χ4v) is 3.27. The number of hydrogen-bond acceptors (Lipinski definition) is 3. The van der Waals surface area contributed by atoms with Crippen molar-refractivity contribution in [2.45, 2.75) is 18.9 Å². The van der Waals surface area contributed by atoms with Crippen LogP contribution in [-0.4, -0.2) is 16.6 Å². The summed E-state index contributed by atoms with van der Waals surface area (Å²) in [6.45, 7) is 0.445. The molecule has 104 valence electrons. The maximum Gasteiger partial charge on any atom is 0.103 e. The van der Waals surface area contributed by atoms with E-state index < -0.39 is 6.10 Å². The second-order valence-electron chi connectivity index (χ2n) is 5.49. The first-order valence-corrected chi connectivity index (χ1v) is 7.50. The third kappa shape index (κ3) is 2.28. The standard InChI is InChI=1S/C16H17BrN2O/c17-13-5-6-14(19-9-13)15(20)16(10-18)7-11-3-1-2-4-12(11)8-16/h1-6,9,15,20H,7-8,10,18H2. The van der Waals surface area contributed by atoms with E-state index in [1.54, 1.807) is 6.20 Å². The van der Waals surface area contributed by atoms with Gasteiger partial charge in [0.05, 0.1) is 5.69 Å². The van der Waals surface area contributed by atoms with Crippen molar-refractivity contribution in [2.24, 2.45) is 11.1 Å². The van der Waals surface area contributed by atoms with E-state index in [1.807, 2.05) is 24.3 Å². The summed E-state index contributed by atoms with van der Waals surface area (Å²) in [5, 5.41) is 10.8. The fourth-order valence-electron chi connectivity index (χ4n) is 3.04. The third-order valence-electron chi connectivity index (χ3n) is 4.22. The van der Waals surface area contributed by atoms with E-state index in [-0.39, 0.29) is 5.41 Å². The molecule has 0 saturated heterocycles. The number of aromatic nitrogens is 1. The highest BCUT2D eigenvalue weighted by molar-refractivity contribution is 9.10. The van der Waals surface area contributed by atoms with Gasteiger partial charge in [-0.25, -0.2) is 0 Å². The van der Waals surface area contributed by atoms with Crippen LogP contribution < -0.4 is 5.73 Å². The number of fused-ring (bicyclic) bond motifs is 1. The summed E-state index contributed by atoms with van der Waals surface area (Å²) in [4.78, 5) is 4.33. The Kier molecular flexibility index (Phi) is 3.63. The van der Waals surface area contributed by atoms with Crippen LogP contribution in [0.3, 0.4) is 0 Å². The Balaban J connectivity index is 1.93. The molecule has 1 unspecified atom stereocenters. The van der Waals surface area contributed by atoms with Gasteiger partial charge in [-0.1, -0.05) is 24.3 Å². The Morgan fingerprint density at radius 2 is 1.85 bits per heavy atom. The number of aliphatic hydroxyl groups excluding tert-OH is 1. The first-order chi connectivity index (χ1) is 9.64. The average Bonchev–Trinajstić information content (AvgIpc) is 2.87. The van der Waals surface area contributed by atoms with Crippen LogP contribution in [0.25, 0.3) is 0 Å². The molecule has 3 nitrogen and oxygen atoms in total. The van der Waals surface area contributed by atoms with Gasteiger partial charge in [0, 0.05) is 22.6 Å². The SMILES string of the molecule is NCC1(C(O)c2ccc(Br)cn2)Cc2ccccc2C1. The van der Waals surface area contributed by atoms with Crippen LogP contribution in [0.1, 0.15) is 22.9 Å². The van der Waals surface area contributed by atoms with Crippen molar-refractivity contribution in [2.75, 3.05) is 6.54 Å². The van der Waals surface area contributed by atoms with Gasteiger partial charge in [0.15, 0.2) is 0 Å². The largest absolute Gasteiger partial charge is 0.386 e. The zero-order valence-corrected chi connectivity index (χ0v) is 12.7. The second kappa shape index (κ2) is 5.28. The fraction of sp³-hybridized carbons (Fsp3) is 0.312. The van der Waals surface area contributed by atoms with Gasteiger partial charge in [0.1, 0.15) is 6.10 Å². The predicted octanol–water partition coefficient (Wildman–Crippen LogP) is 2.62. The highest BCUT2D eigenvalue weighted by atomic mass is 79.9. The van der Waals surface area contributed by atoms with Crippen molar-refractivity contribution in [1.29, 1.82) is 0 Å². The first-order valence-electron chi connectivity index (χ1n) is 6.71. The van der Waals surface area contributed by atoms with Crippen LogP contribution in [0.5, 0.6) is 0 Å². The first kappa shape index (κ1) is 13.7. The number of halogens is 1. The number of aliphatic hydroxyl groups is 1. The molecule has 4 heteroatoms. The Hall–Kier alpha value is -1.23. The molecule has 0 bridgehead atoms. The van der Waals surface area contributed by atoms with E-state index >= 15 is 0 Å². The van der Waals surface area contributed by atoms with Crippen molar-refractivity contribution in [1.82, 2.24) is 4.98 Å². The number of nitrogens with two attached hydrogens (primary N) is 1. The molecule has 0 radical (unpaired) electrons. The molecule has 2 aromatic rings. The number of nitrogens with zero attached hydrogens (tertiary/aromatic N) is 1. The zero-order chi connectivity index (χ0) is 14.2. The molecule has 0 spiro atoms. The molecule has 3 N–H and O–H groups in total. The molecule has 0 fully saturated rings. The molecule has 0 aliphatic heterocycles. The van der Waals surface area contributed by atoms with E-state index in [0.717, 1.165) is 17.3 Å². The Morgan fingerprint density at radius 1 is 1.20 bits per heavy atom. The van der Waals surface area contributed by atoms with Crippen LogP contribution in [0, 0.1) is 5.41 Å².